The minimum atomic E-state index is -3.92. The summed E-state index contributed by atoms with van der Waals surface area (Å²) in [7, 11) is -3.92. The summed E-state index contributed by atoms with van der Waals surface area (Å²) in [5, 5.41) is 5.26. The van der Waals surface area contributed by atoms with Crippen LogP contribution in [-0.2, 0) is 27.7 Å². The van der Waals surface area contributed by atoms with Crippen molar-refractivity contribution in [2.45, 2.75) is 36.8 Å². The molecule has 2 aliphatic rings. The molecule has 0 bridgehead atoms. The van der Waals surface area contributed by atoms with Gasteiger partial charge in [-0.15, -0.1) is 0 Å². The predicted octanol–water partition coefficient (Wildman–Crippen LogP) is 3.56. The fourth-order valence-corrected chi connectivity index (χ4v) is 5.04. The number of rotatable bonds is 3. The zero-order valence-corrected chi connectivity index (χ0v) is 18.4. The van der Waals surface area contributed by atoms with E-state index in [1.807, 2.05) is 6.92 Å². The van der Waals surface area contributed by atoms with Gasteiger partial charge in [-0.3, -0.25) is 4.79 Å². The second-order valence-corrected chi connectivity index (χ2v) is 9.92. The fraction of sp³-hybridized carbons (Fsp3) is 0.208. The number of nitrogens with zero attached hydrogens (tertiary/aromatic N) is 1. The van der Waals surface area contributed by atoms with Crippen molar-refractivity contribution in [3.05, 3.63) is 77.4 Å². The normalized spacial score (nSPS) is 19.2. The van der Waals surface area contributed by atoms with E-state index in [9.17, 15) is 22.0 Å². The van der Waals surface area contributed by atoms with Crippen LogP contribution in [0.15, 0.2) is 59.5 Å². The second-order valence-electron chi connectivity index (χ2n) is 8.35. The van der Waals surface area contributed by atoms with E-state index < -0.39 is 27.8 Å². The number of sulfonamides is 1. The highest BCUT2D eigenvalue weighted by Gasteiger charge is 2.39. The summed E-state index contributed by atoms with van der Waals surface area (Å²) in [6.07, 6.45) is 0.0708. The van der Waals surface area contributed by atoms with Crippen LogP contribution in [0.2, 0.25) is 0 Å². The number of amides is 1. The maximum absolute atomic E-state index is 14.2. The summed E-state index contributed by atoms with van der Waals surface area (Å²) >= 11 is 0. The lowest BCUT2D eigenvalue weighted by atomic mass is 10.0. The number of carbonyl (C=O) groups excluding carboxylic acids is 1. The zero-order valence-electron chi connectivity index (χ0n) is 17.6. The Bertz CT molecular complexity index is 1410. The number of ether oxygens (including phenoxy) is 1. The number of fused-ring (bicyclic) bond motifs is 2. The van der Waals surface area contributed by atoms with E-state index in [2.05, 4.69) is 0 Å². The van der Waals surface area contributed by atoms with Crippen molar-refractivity contribution in [3.63, 3.8) is 0 Å². The van der Waals surface area contributed by atoms with Crippen molar-refractivity contribution in [2.24, 2.45) is 5.14 Å². The molecule has 3 aromatic rings. The molecule has 33 heavy (non-hydrogen) atoms. The highest BCUT2D eigenvalue weighted by Crippen LogP contribution is 2.38. The number of primary sulfonamides is 1. The van der Waals surface area contributed by atoms with Gasteiger partial charge in [-0.05, 0) is 66.4 Å². The Morgan fingerprint density at radius 1 is 1.03 bits per heavy atom. The molecule has 0 radical (unpaired) electrons. The van der Waals surface area contributed by atoms with Gasteiger partial charge in [0, 0.05) is 23.7 Å². The van der Waals surface area contributed by atoms with Crippen LogP contribution >= 0.6 is 0 Å². The Morgan fingerprint density at radius 2 is 1.79 bits per heavy atom. The Kier molecular flexibility index (Phi) is 4.98. The van der Waals surface area contributed by atoms with Crippen molar-refractivity contribution >= 4 is 21.6 Å². The highest BCUT2D eigenvalue weighted by molar-refractivity contribution is 7.89. The molecular weight excluding hydrogens is 450 g/mol. The summed E-state index contributed by atoms with van der Waals surface area (Å²) in [5.41, 5.74) is 2.67. The van der Waals surface area contributed by atoms with Crippen molar-refractivity contribution in [3.8, 4) is 16.9 Å². The first kappa shape index (κ1) is 21.5. The summed E-state index contributed by atoms with van der Waals surface area (Å²) in [4.78, 5) is 14.9. The first-order valence-corrected chi connectivity index (χ1v) is 11.9. The fourth-order valence-electron chi connectivity index (χ4n) is 4.51. The summed E-state index contributed by atoms with van der Waals surface area (Å²) in [6, 6.07) is 12.6. The molecule has 0 saturated carbocycles. The number of halogens is 2. The summed E-state index contributed by atoms with van der Waals surface area (Å²) in [6.45, 7) is 1.88. The van der Waals surface area contributed by atoms with Crippen LogP contribution in [0.5, 0.6) is 5.75 Å². The molecule has 2 aliphatic heterocycles. The molecule has 0 aromatic heterocycles. The van der Waals surface area contributed by atoms with E-state index in [0.29, 0.717) is 29.8 Å². The first-order valence-electron chi connectivity index (χ1n) is 10.4. The zero-order chi connectivity index (χ0) is 23.5. The molecule has 6 nitrogen and oxygen atoms in total. The molecule has 5 rings (SSSR count). The Balaban J connectivity index is 1.43. The topological polar surface area (TPSA) is 89.7 Å². The molecule has 0 fully saturated rings. The van der Waals surface area contributed by atoms with E-state index in [-0.39, 0.29) is 22.4 Å². The molecule has 3 aromatic carbocycles. The second kappa shape index (κ2) is 7.64. The van der Waals surface area contributed by atoms with Gasteiger partial charge in [-0.25, -0.2) is 22.3 Å². The van der Waals surface area contributed by atoms with Crippen LogP contribution in [0.4, 0.5) is 14.5 Å². The quantitative estimate of drug-likeness (QED) is 0.634. The molecule has 0 unspecified atom stereocenters. The molecule has 2 heterocycles. The summed E-state index contributed by atoms with van der Waals surface area (Å²) < 4.78 is 57.3. The van der Waals surface area contributed by atoms with Gasteiger partial charge in [0.15, 0.2) is 6.10 Å². The van der Waals surface area contributed by atoms with Gasteiger partial charge < -0.3 is 9.64 Å². The summed E-state index contributed by atoms with van der Waals surface area (Å²) in [5.74, 6) is -0.987. The molecule has 170 valence electrons. The lowest BCUT2D eigenvalue weighted by Crippen LogP contribution is -2.44. The van der Waals surface area contributed by atoms with Crippen LogP contribution in [0.25, 0.3) is 11.1 Å². The number of hydrogen-bond acceptors (Lipinski definition) is 4. The molecule has 2 N–H and O–H groups in total. The van der Waals surface area contributed by atoms with Crippen molar-refractivity contribution in [2.75, 3.05) is 4.90 Å². The highest BCUT2D eigenvalue weighted by atomic mass is 32.2. The third-order valence-corrected chi connectivity index (χ3v) is 7.01. The van der Waals surface area contributed by atoms with Gasteiger partial charge >= 0.3 is 0 Å². The van der Waals surface area contributed by atoms with Crippen molar-refractivity contribution in [1.29, 1.82) is 0 Å². The molecule has 2 atom stereocenters. The van der Waals surface area contributed by atoms with E-state index >= 15 is 0 Å². The number of hydrogen-bond donors (Lipinski definition) is 1. The molecule has 1 amide bonds. The van der Waals surface area contributed by atoms with Crippen LogP contribution in [0, 0.1) is 11.6 Å². The third kappa shape index (κ3) is 3.77. The van der Waals surface area contributed by atoms with Crippen LogP contribution in [-0.4, -0.2) is 26.5 Å². The number of anilines is 1. The van der Waals surface area contributed by atoms with Gasteiger partial charge in [0.05, 0.1) is 4.90 Å². The average molecular weight is 470 g/mol. The lowest BCUT2D eigenvalue weighted by Gasteiger charge is -2.25. The number of benzene rings is 3. The van der Waals surface area contributed by atoms with Gasteiger partial charge in [0.2, 0.25) is 10.0 Å². The smallest absolute Gasteiger partial charge is 0.268 e. The third-order valence-electron chi connectivity index (χ3n) is 6.09. The molecule has 9 heteroatoms. The van der Waals surface area contributed by atoms with E-state index in [1.54, 1.807) is 29.2 Å². The van der Waals surface area contributed by atoms with E-state index in [1.165, 1.54) is 12.1 Å². The van der Waals surface area contributed by atoms with Crippen molar-refractivity contribution in [1.82, 2.24) is 0 Å². The lowest BCUT2D eigenvalue weighted by molar-refractivity contribution is -0.124. The maximum atomic E-state index is 14.2. The molecule has 0 aliphatic carbocycles. The van der Waals surface area contributed by atoms with Crippen LogP contribution in [0.1, 0.15) is 18.1 Å². The largest absolute Gasteiger partial charge is 0.480 e. The van der Waals surface area contributed by atoms with Gasteiger partial charge in [-0.2, -0.15) is 0 Å². The van der Waals surface area contributed by atoms with Crippen LogP contribution < -0.4 is 14.8 Å². The monoisotopic (exact) mass is 470 g/mol. The SMILES string of the molecule is C[C@H]1Cc2ccc(S(N)(=O)=O)cc2N1C(=O)[C@@H]1Cc2ccc(-c3cc(F)ccc3F)cc2O1. The Hall–Kier alpha value is -3.30. The minimum Gasteiger partial charge on any atom is -0.480 e. The van der Waals surface area contributed by atoms with Gasteiger partial charge in [0.25, 0.3) is 5.91 Å². The number of nitrogens with two attached hydrogens (primary N) is 1. The van der Waals surface area contributed by atoms with Gasteiger partial charge in [-0.1, -0.05) is 18.2 Å². The Labute approximate surface area is 189 Å². The van der Waals surface area contributed by atoms with Crippen molar-refractivity contribution < 1.29 is 26.7 Å². The standard InChI is InChI=1S/C24H20F2N2O4S/c1-13-8-15-4-6-18(33(27,30)31)12-21(15)28(13)24(29)23-10-16-3-2-14(9-22(16)32-23)19-11-17(25)5-7-20(19)26/h2-7,9,11-13,23H,8,10H2,1H3,(H2,27,30,31)/t13-,23-/m0/s1. The Morgan fingerprint density at radius 3 is 2.55 bits per heavy atom. The molecular formula is C24H20F2N2O4S. The van der Waals surface area contributed by atoms with E-state index in [0.717, 1.165) is 29.3 Å². The maximum Gasteiger partial charge on any atom is 0.268 e. The molecule has 0 spiro atoms. The molecule has 0 saturated heterocycles. The first-order chi connectivity index (χ1) is 15.6. The van der Waals surface area contributed by atoms with Gasteiger partial charge in [0.1, 0.15) is 17.4 Å². The van der Waals surface area contributed by atoms with Crippen LogP contribution in [0.3, 0.4) is 0 Å². The minimum absolute atomic E-state index is 0.0643. The predicted molar refractivity (Wildman–Crippen MR) is 118 cm³/mol. The average Bonchev–Trinajstić information content (AvgIpc) is 3.33. The van der Waals surface area contributed by atoms with E-state index in [4.69, 9.17) is 9.88 Å². The number of carbonyl (C=O) groups is 1.